The SMILES string of the molecule is CNC(=O)c1ccc(Cl)c(NC(=O)NC(C)Cc2cc(C)[nH]n2)c1. The summed E-state index contributed by atoms with van der Waals surface area (Å²) in [6.07, 6.45) is 0.601. The third-order valence-corrected chi connectivity index (χ3v) is 3.69. The van der Waals surface area contributed by atoms with Gasteiger partial charge in [0.25, 0.3) is 5.91 Å². The molecule has 2 rings (SSSR count). The van der Waals surface area contributed by atoms with Crippen molar-refractivity contribution in [1.29, 1.82) is 0 Å². The monoisotopic (exact) mass is 349 g/mol. The number of hydrogen-bond donors (Lipinski definition) is 4. The molecule has 7 nitrogen and oxygen atoms in total. The lowest BCUT2D eigenvalue weighted by Crippen LogP contribution is -2.37. The fourth-order valence-electron chi connectivity index (χ4n) is 2.23. The van der Waals surface area contributed by atoms with Crippen molar-refractivity contribution in [2.45, 2.75) is 26.3 Å². The molecular formula is C16H20ClN5O2. The average molecular weight is 350 g/mol. The Morgan fingerprint density at radius 2 is 2.08 bits per heavy atom. The van der Waals surface area contributed by atoms with Crippen molar-refractivity contribution in [2.75, 3.05) is 12.4 Å². The second kappa shape index (κ2) is 7.83. The zero-order valence-electron chi connectivity index (χ0n) is 13.7. The molecule has 0 spiro atoms. The van der Waals surface area contributed by atoms with Gasteiger partial charge in [0.2, 0.25) is 0 Å². The second-order valence-electron chi connectivity index (χ2n) is 5.52. The van der Waals surface area contributed by atoms with Gasteiger partial charge in [-0.1, -0.05) is 11.6 Å². The first-order valence-electron chi connectivity index (χ1n) is 7.49. The maximum atomic E-state index is 12.1. The molecule has 0 aliphatic heterocycles. The zero-order valence-corrected chi connectivity index (χ0v) is 14.5. The molecule has 1 unspecified atom stereocenters. The minimum absolute atomic E-state index is 0.117. The molecule has 3 amide bonds. The van der Waals surface area contributed by atoms with Crippen LogP contribution >= 0.6 is 11.6 Å². The van der Waals surface area contributed by atoms with Gasteiger partial charge < -0.3 is 16.0 Å². The summed E-state index contributed by atoms with van der Waals surface area (Å²) in [4.78, 5) is 23.8. The average Bonchev–Trinajstić information content (AvgIpc) is 2.93. The predicted molar refractivity (Wildman–Crippen MR) is 93.5 cm³/mol. The molecule has 0 radical (unpaired) electrons. The van der Waals surface area contributed by atoms with E-state index in [1.165, 1.54) is 13.1 Å². The van der Waals surface area contributed by atoms with E-state index in [9.17, 15) is 9.59 Å². The van der Waals surface area contributed by atoms with Crippen LogP contribution in [0.15, 0.2) is 24.3 Å². The molecule has 0 saturated heterocycles. The van der Waals surface area contributed by atoms with Gasteiger partial charge in [0.05, 0.1) is 16.4 Å². The van der Waals surface area contributed by atoms with Crippen LogP contribution in [0.2, 0.25) is 5.02 Å². The van der Waals surface area contributed by atoms with Gasteiger partial charge in [-0.25, -0.2) is 4.79 Å². The van der Waals surface area contributed by atoms with E-state index < -0.39 is 6.03 Å². The molecule has 2 aromatic rings. The standard InChI is InChI=1S/C16H20ClN5O2/c1-9(6-12-7-10(2)21-22-12)19-16(24)20-14-8-11(15(23)18-3)4-5-13(14)17/h4-5,7-9H,6H2,1-3H3,(H,18,23)(H,21,22)(H2,19,20,24). The first-order valence-corrected chi connectivity index (χ1v) is 7.87. The number of carbonyl (C=O) groups excluding carboxylic acids is 2. The summed E-state index contributed by atoms with van der Waals surface area (Å²) >= 11 is 6.07. The normalized spacial score (nSPS) is 11.7. The Kier molecular flexibility index (Phi) is 5.81. The van der Waals surface area contributed by atoms with E-state index in [2.05, 4.69) is 26.1 Å². The van der Waals surface area contributed by atoms with Gasteiger partial charge in [-0.2, -0.15) is 5.10 Å². The second-order valence-corrected chi connectivity index (χ2v) is 5.93. The van der Waals surface area contributed by atoms with E-state index in [4.69, 9.17) is 11.6 Å². The smallest absolute Gasteiger partial charge is 0.319 e. The molecule has 0 fully saturated rings. The molecule has 0 aliphatic rings. The first kappa shape index (κ1) is 17.8. The van der Waals surface area contributed by atoms with Crippen LogP contribution < -0.4 is 16.0 Å². The van der Waals surface area contributed by atoms with Crippen LogP contribution in [-0.4, -0.2) is 35.2 Å². The Hall–Kier alpha value is -2.54. The molecular weight excluding hydrogens is 330 g/mol. The molecule has 1 aromatic carbocycles. The fourth-order valence-corrected chi connectivity index (χ4v) is 2.40. The van der Waals surface area contributed by atoms with E-state index in [-0.39, 0.29) is 11.9 Å². The van der Waals surface area contributed by atoms with Crippen LogP contribution in [0.25, 0.3) is 0 Å². The molecule has 24 heavy (non-hydrogen) atoms. The number of aromatic amines is 1. The summed E-state index contributed by atoms with van der Waals surface area (Å²) in [5, 5.41) is 15.4. The van der Waals surface area contributed by atoms with Crippen molar-refractivity contribution < 1.29 is 9.59 Å². The predicted octanol–water partition coefficient (Wildman–Crippen LogP) is 2.48. The van der Waals surface area contributed by atoms with Gasteiger partial charge in [0.1, 0.15) is 0 Å². The molecule has 128 valence electrons. The van der Waals surface area contributed by atoms with Crippen molar-refractivity contribution in [1.82, 2.24) is 20.8 Å². The van der Waals surface area contributed by atoms with Crippen molar-refractivity contribution in [3.05, 3.63) is 46.2 Å². The summed E-state index contributed by atoms with van der Waals surface area (Å²) in [6, 6.07) is 6.10. The third kappa shape index (κ3) is 4.73. The molecule has 0 aliphatic carbocycles. The van der Waals surface area contributed by atoms with Crippen LogP contribution in [0, 0.1) is 6.92 Å². The highest BCUT2D eigenvalue weighted by atomic mass is 35.5. The number of H-pyrrole nitrogens is 1. The summed E-state index contributed by atoms with van der Waals surface area (Å²) in [6.45, 7) is 3.80. The van der Waals surface area contributed by atoms with Crippen molar-refractivity contribution in [3.8, 4) is 0 Å². The number of rotatable bonds is 5. The number of nitrogens with zero attached hydrogens (tertiary/aromatic N) is 1. The maximum Gasteiger partial charge on any atom is 0.319 e. The number of carbonyl (C=O) groups is 2. The van der Waals surface area contributed by atoms with Crippen LogP contribution in [0.3, 0.4) is 0 Å². The van der Waals surface area contributed by atoms with Crippen LogP contribution in [0.1, 0.15) is 28.7 Å². The lowest BCUT2D eigenvalue weighted by Gasteiger charge is -2.14. The number of aryl methyl sites for hydroxylation is 1. The molecule has 8 heteroatoms. The van der Waals surface area contributed by atoms with E-state index in [0.29, 0.717) is 22.7 Å². The van der Waals surface area contributed by atoms with E-state index in [1.54, 1.807) is 12.1 Å². The minimum Gasteiger partial charge on any atom is -0.355 e. The van der Waals surface area contributed by atoms with Crippen molar-refractivity contribution in [2.24, 2.45) is 0 Å². The van der Waals surface area contributed by atoms with Crippen molar-refractivity contribution >= 4 is 29.2 Å². The highest BCUT2D eigenvalue weighted by Crippen LogP contribution is 2.23. The Morgan fingerprint density at radius 3 is 2.71 bits per heavy atom. The number of nitrogens with one attached hydrogen (secondary N) is 4. The molecule has 1 aromatic heterocycles. The van der Waals surface area contributed by atoms with Gasteiger partial charge in [-0.05, 0) is 38.1 Å². The number of aromatic nitrogens is 2. The number of amides is 3. The number of anilines is 1. The molecule has 4 N–H and O–H groups in total. The number of halogens is 1. The van der Waals surface area contributed by atoms with Crippen LogP contribution in [-0.2, 0) is 6.42 Å². The summed E-state index contributed by atoms with van der Waals surface area (Å²) in [5.74, 6) is -0.252. The van der Waals surface area contributed by atoms with E-state index in [1.807, 2.05) is 19.9 Å². The Labute approximate surface area is 145 Å². The number of benzene rings is 1. The first-order chi connectivity index (χ1) is 11.4. The Balaban J connectivity index is 1.97. The maximum absolute atomic E-state index is 12.1. The largest absolute Gasteiger partial charge is 0.355 e. The van der Waals surface area contributed by atoms with Gasteiger partial charge >= 0.3 is 6.03 Å². The summed E-state index contributed by atoms with van der Waals surface area (Å²) in [5.41, 5.74) is 2.63. The molecule has 0 saturated carbocycles. The van der Waals surface area contributed by atoms with E-state index in [0.717, 1.165) is 11.4 Å². The molecule has 1 heterocycles. The van der Waals surface area contributed by atoms with Gasteiger partial charge in [-0.15, -0.1) is 0 Å². The highest BCUT2D eigenvalue weighted by molar-refractivity contribution is 6.33. The van der Waals surface area contributed by atoms with Gasteiger partial charge in [-0.3, -0.25) is 9.89 Å². The number of urea groups is 1. The zero-order chi connectivity index (χ0) is 17.7. The Morgan fingerprint density at radius 1 is 1.33 bits per heavy atom. The topological polar surface area (TPSA) is 98.9 Å². The minimum atomic E-state index is -0.397. The molecule has 0 bridgehead atoms. The summed E-state index contributed by atoms with van der Waals surface area (Å²) < 4.78 is 0. The molecule has 1 atom stereocenters. The summed E-state index contributed by atoms with van der Waals surface area (Å²) in [7, 11) is 1.54. The lowest BCUT2D eigenvalue weighted by atomic mass is 10.2. The fraction of sp³-hybridized carbons (Fsp3) is 0.312. The lowest BCUT2D eigenvalue weighted by molar-refractivity contribution is 0.0963. The van der Waals surface area contributed by atoms with Gasteiger partial charge in [0.15, 0.2) is 0 Å². The van der Waals surface area contributed by atoms with E-state index >= 15 is 0 Å². The van der Waals surface area contributed by atoms with Crippen LogP contribution in [0.5, 0.6) is 0 Å². The van der Waals surface area contributed by atoms with Gasteiger partial charge in [0, 0.05) is 30.8 Å². The highest BCUT2D eigenvalue weighted by Gasteiger charge is 2.13. The Bertz CT molecular complexity index is 744. The van der Waals surface area contributed by atoms with Crippen molar-refractivity contribution in [3.63, 3.8) is 0 Å². The quantitative estimate of drug-likeness (QED) is 0.667. The number of hydrogen-bond acceptors (Lipinski definition) is 3. The third-order valence-electron chi connectivity index (χ3n) is 3.36. The van der Waals surface area contributed by atoms with Crippen LogP contribution in [0.4, 0.5) is 10.5 Å².